The molecule has 6 aromatic carbocycles. The quantitative estimate of drug-likeness (QED) is 0.162. The summed E-state index contributed by atoms with van der Waals surface area (Å²) in [7, 11) is 1.67. The van der Waals surface area contributed by atoms with Crippen LogP contribution in [0, 0.1) is 19.1 Å². The molecule has 233 valence electrons. The van der Waals surface area contributed by atoms with Crippen molar-refractivity contribution in [3.05, 3.63) is 162 Å². The summed E-state index contributed by atoms with van der Waals surface area (Å²) in [5, 5.41) is 0. The molecule has 6 nitrogen and oxygen atoms in total. The van der Waals surface area contributed by atoms with Crippen LogP contribution in [0.15, 0.2) is 133 Å². The van der Waals surface area contributed by atoms with E-state index in [-0.39, 0.29) is 32.7 Å². The van der Waals surface area contributed by atoms with Crippen LogP contribution in [0.1, 0.15) is 16.7 Å². The Kier molecular flexibility index (Phi) is 10.4. The maximum atomic E-state index is 5.90. The molecule has 0 saturated carbocycles. The molecule has 48 heavy (non-hydrogen) atoms. The molecular weight excluding hydrogens is 669 g/mol. The number of nitrogens with one attached hydrogen (secondary N) is 2. The maximum Gasteiger partial charge on any atom is 0.138 e. The SMILES string of the molecule is COc1ccc(-c2nc3ccc(Cc4ccc5nc(-c6ccc(Oc7cc[c-]cc7)cc6)[nH]c5c4)cc3[nH]2)cc1.Cc1cc[c-]cc1.[Y]. The first-order chi connectivity index (χ1) is 23.1. The molecule has 0 amide bonds. The Morgan fingerprint density at radius 3 is 1.48 bits per heavy atom. The minimum Gasteiger partial charge on any atom is -0.497 e. The Balaban J connectivity index is 0.000000448. The number of nitrogens with zero attached hydrogens (tertiary/aromatic N) is 2. The summed E-state index contributed by atoms with van der Waals surface area (Å²) < 4.78 is 11.2. The summed E-state index contributed by atoms with van der Waals surface area (Å²) >= 11 is 0. The van der Waals surface area contributed by atoms with Gasteiger partial charge in [-0.1, -0.05) is 19.1 Å². The van der Waals surface area contributed by atoms with E-state index in [1.807, 2.05) is 97.1 Å². The summed E-state index contributed by atoms with van der Waals surface area (Å²) in [5.74, 6) is 4.07. The van der Waals surface area contributed by atoms with E-state index in [1.54, 1.807) is 7.11 Å². The van der Waals surface area contributed by atoms with Gasteiger partial charge in [-0.05, 0) is 90.3 Å². The Labute approximate surface area is 305 Å². The molecule has 8 rings (SSSR count). The zero-order valence-corrected chi connectivity index (χ0v) is 29.5. The number of imidazole rings is 2. The van der Waals surface area contributed by atoms with Gasteiger partial charge >= 0.3 is 0 Å². The molecule has 0 bridgehead atoms. The molecule has 7 heteroatoms. The summed E-state index contributed by atoms with van der Waals surface area (Å²) in [6.45, 7) is 2.06. The zero-order chi connectivity index (χ0) is 32.0. The summed E-state index contributed by atoms with van der Waals surface area (Å²) in [5.41, 5.74) is 9.65. The zero-order valence-electron chi connectivity index (χ0n) is 26.7. The minimum absolute atomic E-state index is 0. The van der Waals surface area contributed by atoms with Gasteiger partial charge in [0.05, 0.1) is 29.2 Å². The number of fused-ring (bicyclic) bond motifs is 2. The third-order valence-electron chi connectivity index (χ3n) is 7.80. The first kappa shape index (κ1) is 32.9. The molecule has 8 aromatic rings. The standard InChI is InChI=1S/C34H25N4O2.C7H7.Y/c1-39-26-13-9-24(10-14-26)33-35-29-17-7-22(20-31(29)37-33)19-23-8-18-30-32(21-23)38-34(36-30)25-11-15-28(16-12-25)40-27-5-3-2-4-6-27;1-7-5-3-2-4-6-7;/h3-18,20-21H,19H2,1H3,(H,35,37)(H,36,38);3-6H,1H3;/q2*-1;. The van der Waals surface area contributed by atoms with E-state index in [9.17, 15) is 0 Å². The molecule has 0 atom stereocenters. The fraction of sp³-hybridized carbons (Fsp3) is 0.0732. The van der Waals surface area contributed by atoms with Crippen molar-refractivity contribution in [3.8, 4) is 40.0 Å². The molecule has 0 saturated heterocycles. The van der Waals surface area contributed by atoms with Crippen molar-refractivity contribution < 1.29 is 42.2 Å². The molecular formula is C41H32N4O2Y-2. The fourth-order valence-corrected chi connectivity index (χ4v) is 5.32. The smallest absolute Gasteiger partial charge is 0.138 e. The number of benzene rings is 6. The number of ether oxygens (including phenoxy) is 2. The number of hydrogen-bond acceptors (Lipinski definition) is 4. The Hall–Kier alpha value is -5.04. The van der Waals surface area contributed by atoms with Crippen molar-refractivity contribution >= 4 is 22.1 Å². The van der Waals surface area contributed by atoms with E-state index >= 15 is 0 Å². The van der Waals surface area contributed by atoms with Gasteiger partial charge in [-0.2, -0.15) is 54.1 Å². The third kappa shape index (κ3) is 7.91. The Morgan fingerprint density at radius 2 is 1.02 bits per heavy atom. The van der Waals surface area contributed by atoms with Gasteiger partial charge in [0.15, 0.2) is 0 Å². The van der Waals surface area contributed by atoms with Gasteiger partial charge in [-0.25, -0.2) is 9.97 Å². The van der Waals surface area contributed by atoms with Crippen molar-refractivity contribution in [1.29, 1.82) is 0 Å². The van der Waals surface area contributed by atoms with Gasteiger partial charge in [0, 0.05) is 49.6 Å². The van der Waals surface area contributed by atoms with Crippen molar-refractivity contribution in [2.45, 2.75) is 13.3 Å². The van der Waals surface area contributed by atoms with Crippen molar-refractivity contribution in [1.82, 2.24) is 19.9 Å². The summed E-state index contributed by atoms with van der Waals surface area (Å²) in [4.78, 5) is 16.5. The van der Waals surface area contributed by atoms with E-state index < -0.39 is 0 Å². The molecule has 0 unspecified atom stereocenters. The van der Waals surface area contributed by atoms with Crippen LogP contribution < -0.4 is 9.47 Å². The number of H-pyrrole nitrogens is 2. The van der Waals surface area contributed by atoms with Crippen LogP contribution in [0.5, 0.6) is 17.2 Å². The van der Waals surface area contributed by atoms with Gasteiger partial charge in [0.25, 0.3) is 0 Å². The second-order valence-electron chi connectivity index (χ2n) is 11.2. The molecule has 2 heterocycles. The number of aromatic nitrogens is 4. The van der Waals surface area contributed by atoms with E-state index in [0.29, 0.717) is 0 Å². The fourth-order valence-electron chi connectivity index (χ4n) is 5.32. The van der Waals surface area contributed by atoms with E-state index in [0.717, 1.165) is 68.5 Å². The predicted molar refractivity (Wildman–Crippen MR) is 188 cm³/mol. The maximum absolute atomic E-state index is 5.90. The molecule has 2 N–H and O–H groups in total. The van der Waals surface area contributed by atoms with Crippen LogP contribution >= 0.6 is 0 Å². The normalized spacial score (nSPS) is 10.6. The van der Waals surface area contributed by atoms with Crippen LogP contribution in [-0.2, 0) is 39.1 Å². The van der Waals surface area contributed by atoms with Crippen LogP contribution in [0.4, 0.5) is 0 Å². The first-order valence-corrected chi connectivity index (χ1v) is 15.4. The molecule has 2 aromatic heterocycles. The van der Waals surface area contributed by atoms with E-state index in [2.05, 4.69) is 65.4 Å². The number of rotatable bonds is 7. The molecule has 0 aliphatic heterocycles. The van der Waals surface area contributed by atoms with E-state index in [1.165, 1.54) is 16.7 Å². The number of aromatic amines is 2. The monoisotopic (exact) mass is 701 g/mol. The van der Waals surface area contributed by atoms with Crippen LogP contribution in [0.3, 0.4) is 0 Å². The van der Waals surface area contributed by atoms with Crippen LogP contribution in [0.2, 0.25) is 0 Å². The molecule has 0 aliphatic rings. The molecule has 1 radical (unpaired) electrons. The molecule has 0 aliphatic carbocycles. The predicted octanol–water partition coefficient (Wildman–Crippen LogP) is 9.76. The van der Waals surface area contributed by atoms with Crippen molar-refractivity contribution in [3.63, 3.8) is 0 Å². The van der Waals surface area contributed by atoms with Gasteiger partial charge < -0.3 is 19.4 Å². The second-order valence-corrected chi connectivity index (χ2v) is 11.2. The second kappa shape index (κ2) is 15.2. The van der Waals surface area contributed by atoms with Crippen molar-refractivity contribution in [2.75, 3.05) is 7.11 Å². The van der Waals surface area contributed by atoms with Gasteiger partial charge in [0.2, 0.25) is 0 Å². The number of hydrogen-bond donors (Lipinski definition) is 2. The van der Waals surface area contributed by atoms with E-state index in [4.69, 9.17) is 19.4 Å². The van der Waals surface area contributed by atoms with Gasteiger partial charge in [-0.15, -0.1) is 12.1 Å². The first-order valence-electron chi connectivity index (χ1n) is 15.4. The van der Waals surface area contributed by atoms with Crippen LogP contribution in [0.25, 0.3) is 44.8 Å². The minimum atomic E-state index is 0. The van der Waals surface area contributed by atoms with Gasteiger partial charge in [0.1, 0.15) is 23.1 Å². The Morgan fingerprint density at radius 1 is 0.562 bits per heavy atom. The average molecular weight is 702 g/mol. The van der Waals surface area contributed by atoms with Crippen molar-refractivity contribution in [2.24, 2.45) is 0 Å². The summed E-state index contributed by atoms with van der Waals surface area (Å²) in [6, 6.07) is 49.9. The Bertz CT molecular complexity index is 2230. The van der Waals surface area contributed by atoms with Gasteiger partial charge in [-0.3, -0.25) is 0 Å². The number of aryl methyl sites for hydroxylation is 1. The van der Waals surface area contributed by atoms with Crippen LogP contribution in [-0.4, -0.2) is 27.0 Å². The average Bonchev–Trinajstić information content (AvgIpc) is 3.74. The molecule has 0 fully saturated rings. The third-order valence-corrected chi connectivity index (χ3v) is 7.80. The summed E-state index contributed by atoms with van der Waals surface area (Å²) in [6.07, 6.45) is 0.806. The molecule has 0 spiro atoms. The largest absolute Gasteiger partial charge is 0.497 e. The topological polar surface area (TPSA) is 75.8 Å². The number of methoxy groups -OCH3 is 1.